The highest BCUT2D eigenvalue weighted by molar-refractivity contribution is 9.10. The number of ether oxygens (including phenoxy) is 2. The highest BCUT2D eigenvalue weighted by atomic mass is 79.9. The standard InChI is InChI=1S/C17H16BrClN2O3/c1-21(10-11-3-2-4-12(19)7-11)17(22)20-14-9-16-15(8-13(14)18)23-5-6-24-16/h2-4,7-9H,5-6,10H2,1H3,(H,20,22). The lowest BCUT2D eigenvalue weighted by Gasteiger charge is -2.22. The maximum absolute atomic E-state index is 12.4. The maximum Gasteiger partial charge on any atom is 0.321 e. The van der Waals surface area contributed by atoms with Crippen LogP contribution in [-0.4, -0.2) is 31.2 Å². The van der Waals surface area contributed by atoms with Gasteiger partial charge in [-0.15, -0.1) is 0 Å². The molecule has 0 unspecified atom stereocenters. The van der Waals surface area contributed by atoms with Gasteiger partial charge < -0.3 is 19.7 Å². The van der Waals surface area contributed by atoms with Crippen molar-refractivity contribution >= 4 is 39.2 Å². The van der Waals surface area contributed by atoms with E-state index in [-0.39, 0.29) is 6.03 Å². The number of rotatable bonds is 3. The largest absolute Gasteiger partial charge is 0.486 e. The molecule has 2 aromatic carbocycles. The second-order valence-electron chi connectivity index (χ2n) is 5.39. The molecule has 0 saturated carbocycles. The summed E-state index contributed by atoms with van der Waals surface area (Å²) < 4.78 is 11.8. The summed E-state index contributed by atoms with van der Waals surface area (Å²) in [7, 11) is 1.72. The third-order valence-corrected chi connectivity index (χ3v) is 4.42. The van der Waals surface area contributed by atoms with Crippen molar-refractivity contribution < 1.29 is 14.3 Å². The van der Waals surface area contributed by atoms with Crippen LogP contribution in [0.3, 0.4) is 0 Å². The van der Waals surface area contributed by atoms with Crippen molar-refractivity contribution in [2.75, 3.05) is 25.6 Å². The molecule has 2 aromatic rings. The molecular weight excluding hydrogens is 396 g/mol. The second kappa shape index (κ2) is 7.32. The van der Waals surface area contributed by atoms with Crippen LogP contribution in [-0.2, 0) is 6.54 Å². The Hall–Kier alpha value is -1.92. The number of nitrogens with zero attached hydrogens (tertiary/aromatic N) is 1. The Morgan fingerprint density at radius 3 is 2.67 bits per heavy atom. The molecule has 0 spiro atoms. The van der Waals surface area contributed by atoms with E-state index in [9.17, 15) is 4.79 Å². The van der Waals surface area contributed by atoms with Crippen molar-refractivity contribution in [3.63, 3.8) is 0 Å². The number of anilines is 1. The SMILES string of the molecule is CN(Cc1cccc(Cl)c1)C(=O)Nc1cc2c(cc1Br)OCCO2. The van der Waals surface area contributed by atoms with Crippen molar-refractivity contribution in [1.82, 2.24) is 4.90 Å². The Morgan fingerprint density at radius 2 is 1.96 bits per heavy atom. The van der Waals surface area contributed by atoms with Crippen LogP contribution >= 0.6 is 27.5 Å². The van der Waals surface area contributed by atoms with E-state index in [2.05, 4.69) is 21.2 Å². The van der Waals surface area contributed by atoms with Gasteiger partial charge in [0.25, 0.3) is 0 Å². The summed E-state index contributed by atoms with van der Waals surface area (Å²) in [5.74, 6) is 1.29. The van der Waals surface area contributed by atoms with E-state index >= 15 is 0 Å². The molecule has 3 rings (SSSR count). The van der Waals surface area contributed by atoms with Gasteiger partial charge in [0, 0.05) is 35.2 Å². The number of benzene rings is 2. The molecule has 7 heteroatoms. The van der Waals surface area contributed by atoms with Crippen LogP contribution in [0, 0.1) is 0 Å². The number of fused-ring (bicyclic) bond motifs is 1. The fraction of sp³-hybridized carbons (Fsp3) is 0.235. The summed E-state index contributed by atoms with van der Waals surface area (Å²) in [6.45, 7) is 1.47. The second-order valence-corrected chi connectivity index (χ2v) is 6.68. The summed E-state index contributed by atoms with van der Waals surface area (Å²) in [5.41, 5.74) is 1.59. The zero-order chi connectivity index (χ0) is 17.1. The van der Waals surface area contributed by atoms with Gasteiger partial charge in [-0.1, -0.05) is 23.7 Å². The van der Waals surface area contributed by atoms with E-state index in [4.69, 9.17) is 21.1 Å². The maximum atomic E-state index is 12.4. The van der Waals surface area contributed by atoms with Gasteiger partial charge in [-0.05, 0) is 33.6 Å². The van der Waals surface area contributed by atoms with Crippen LogP contribution in [0.2, 0.25) is 5.02 Å². The van der Waals surface area contributed by atoms with Crippen LogP contribution in [0.15, 0.2) is 40.9 Å². The number of carbonyl (C=O) groups is 1. The molecule has 1 aliphatic rings. The third kappa shape index (κ3) is 3.94. The van der Waals surface area contributed by atoms with Crippen LogP contribution in [0.4, 0.5) is 10.5 Å². The number of halogens is 2. The molecule has 2 amide bonds. The lowest BCUT2D eigenvalue weighted by Crippen LogP contribution is -2.31. The topological polar surface area (TPSA) is 50.8 Å². The fourth-order valence-corrected chi connectivity index (χ4v) is 2.99. The zero-order valence-corrected chi connectivity index (χ0v) is 15.4. The fourth-order valence-electron chi connectivity index (χ4n) is 2.35. The quantitative estimate of drug-likeness (QED) is 0.807. The van der Waals surface area contributed by atoms with E-state index in [0.717, 1.165) is 10.0 Å². The first-order valence-corrected chi connectivity index (χ1v) is 8.56. The highest BCUT2D eigenvalue weighted by Gasteiger charge is 2.17. The van der Waals surface area contributed by atoms with Gasteiger partial charge in [-0.3, -0.25) is 0 Å². The van der Waals surface area contributed by atoms with Crippen LogP contribution in [0.5, 0.6) is 11.5 Å². The predicted molar refractivity (Wildman–Crippen MR) is 97.1 cm³/mol. The molecule has 0 saturated heterocycles. The molecule has 0 bridgehead atoms. The molecule has 1 heterocycles. The number of nitrogens with one attached hydrogen (secondary N) is 1. The molecule has 0 fully saturated rings. The zero-order valence-electron chi connectivity index (χ0n) is 13.0. The van der Waals surface area contributed by atoms with Crippen molar-refractivity contribution in [1.29, 1.82) is 0 Å². The van der Waals surface area contributed by atoms with Gasteiger partial charge in [0.05, 0.1) is 5.69 Å². The first-order valence-electron chi connectivity index (χ1n) is 7.38. The smallest absolute Gasteiger partial charge is 0.321 e. The minimum Gasteiger partial charge on any atom is -0.486 e. The minimum atomic E-state index is -0.229. The van der Waals surface area contributed by atoms with Gasteiger partial charge in [-0.25, -0.2) is 4.79 Å². The normalized spacial score (nSPS) is 12.6. The molecule has 0 atom stereocenters. The van der Waals surface area contributed by atoms with E-state index in [1.807, 2.05) is 18.2 Å². The average molecular weight is 412 g/mol. The van der Waals surface area contributed by atoms with Crippen molar-refractivity contribution in [2.24, 2.45) is 0 Å². The molecule has 5 nitrogen and oxygen atoms in total. The average Bonchev–Trinajstić information content (AvgIpc) is 2.55. The van der Waals surface area contributed by atoms with Crippen LogP contribution in [0.1, 0.15) is 5.56 Å². The Bertz CT molecular complexity index is 769. The lowest BCUT2D eigenvalue weighted by atomic mass is 10.2. The summed E-state index contributed by atoms with van der Waals surface area (Å²) in [4.78, 5) is 14.0. The molecular formula is C17H16BrClN2O3. The Labute approximate surface area is 153 Å². The van der Waals surface area contributed by atoms with E-state index in [0.29, 0.717) is 42.0 Å². The molecule has 1 N–H and O–H groups in total. The van der Waals surface area contributed by atoms with Gasteiger partial charge >= 0.3 is 6.03 Å². The molecule has 1 aliphatic heterocycles. The number of amides is 2. The molecule has 0 radical (unpaired) electrons. The Balaban J connectivity index is 1.70. The summed E-state index contributed by atoms with van der Waals surface area (Å²) in [6, 6.07) is 10.7. The first kappa shape index (κ1) is 16.9. The van der Waals surface area contributed by atoms with Crippen molar-refractivity contribution in [3.8, 4) is 11.5 Å². The minimum absolute atomic E-state index is 0.229. The molecule has 0 aliphatic carbocycles. The summed E-state index contributed by atoms with van der Waals surface area (Å²) >= 11 is 9.42. The number of hydrogen-bond donors (Lipinski definition) is 1. The van der Waals surface area contributed by atoms with Gasteiger partial charge in [0.1, 0.15) is 13.2 Å². The highest BCUT2D eigenvalue weighted by Crippen LogP contribution is 2.38. The van der Waals surface area contributed by atoms with Gasteiger partial charge in [-0.2, -0.15) is 0 Å². The van der Waals surface area contributed by atoms with E-state index in [1.165, 1.54) is 0 Å². The molecule has 24 heavy (non-hydrogen) atoms. The van der Waals surface area contributed by atoms with Crippen LogP contribution in [0.25, 0.3) is 0 Å². The third-order valence-electron chi connectivity index (χ3n) is 3.53. The number of hydrogen-bond acceptors (Lipinski definition) is 3. The summed E-state index contributed by atoms with van der Waals surface area (Å²) in [5, 5.41) is 3.52. The van der Waals surface area contributed by atoms with E-state index in [1.54, 1.807) is 30.1 Å². The predicted octanol–water partition coefficient (Wildman–Crippen LogP) is 4.54. The Morgan fingerprint density at radius 1 is 1.25 bits per heavy atom. The monoisotopic (exact) mass is 410 g/mol. The van der Waals surface area contributed by atoms with Crippen LogP contribution < -0.4 is 14.8 Å². The van der Waals surface area contributed by atoms with Gasteiger partial charge in [0.2, 0.25) is 0 Å². The Kier molecular flexibility index (Phi) is 5.16. The van der Waals surface area contributed by atoms with Crippen molar-refractivity contribution in [3.05, 3.63) is 51.5 Å². The molecule has 126 valence electrons. The number of urea groups is 1. The lowest BCUT2D eigenvalue weighted by molar-refractivity contribution is 0.171. The van der Waals surface area contributed by atoms with Crippen molar-refractivity contribution in [2.45, 2.75) is 6.54 Å². The molecule has 0 aromatic heterocycles. The van der Waals surface area contributed by atoms with E-state index < -0.39 is 0 Å². The first-order chi connectivity index (χ1) is 11.5. The summed E-state index contributed by atoms with van der Waals surface area (Å²) in [6.07, 6.45) is 0. The van der Waals surface area contributed by atoms with Gasteiger partial charge in [0.15, 0.2) is 11.5 Å². The number of carbonyl (C=O) groups excluding carboxylic acids is 1.